The summed E-state index contributed by atoms with van der Waals surface area (Å²) >= 11 is 6.05. The molecule has 7 nitrogen and oxygen atoms in total. The lowest BCUT2D eigenvalue weighted by molar-refractivity contribution is -0.384. The number of nitro groups is 1. The van der Waals surface area contributed by atoms with Crippen LogP contribution in [0.3, 0.4) is 0 Å². The molecule has 0 unspecified atom stereocenters. The number of halogens is 1. The van der Waals surface area contributed by atoms with E-state index in [1.807, 2.05) is 0 Å². The Labute approximate surface area is 126 Å². The number of hydrogen-bond donors (Lipinski definition) is 1. The summed E-state index contributed by atoms with van der Waals surface area (Å²) in [4.78, 5) is 35.3. The Bertz CT molecular complexity index is 630. The molecule has 1 aromatic carbocycles. The molecule has 0 aromatic heterocycles. The van der Waals surface area contributed by atoms with Gasteiger partial charge < -0.3 is 0 Å². The third kappa shape index (κ3) is 3.03. The number of rotatable bonds is 3. The molecule has 1 aromatic rings. The number of nitrogens with one attached hydrogen (secondary N) is 1. The van der Waals surface area contributed by atoms with Gasteiger partial charge in [0.2, 0.25) is 11.8 Å². The first-order valence-electron chi connectivity index (χ1n) is 6.24. The summed E-state index contributed by atoms with van der Waals surface area (Å²) in [5.74, 6) is -0.804. The van der Waals surface area contributed by atoms with E-state index in [0.717, 1.165) is 0 Å². The Morgan fingerprint density at radius 3 is 2.71 bits per heavy atom. The van der Waals surface area contributed by atoms with E-state index in [9.17, 15) is 19.7 Å². The zero-order chi connectivity index (χ0) is 15.8. The van der Waals surface area contributed by atoms with E-state index in [-0.39, 0.29) is 18.8 Å². The minimum atomic E-state index is -0.901. The van der Waals surface area contributed by atoms with E-state index < -0.39 is 22.3 Å². The Morgan fingerprint density at radius 1 is 1.43 bits per heavy atom. The van der Waals surface area contributed by atoms with Gasteiger partial charge in [-0.1, -0.05) is 11.6 Å². The average Bonchev–Trinajstić information content (AvgIpc) is 2.38. The van der Waals surface area contributed by atoms with Crippen LogP contribution in [0.15, 0.2) is 18.2 Å². The van der Waals surface area contributed by atoms with Gasteiger partial charge in [-0.15, -0.1) is 0 Å². The fourth-order valence-electron chi connectivity index (χ4n) is 2.09. The van der Waals surface area contributed by atoms with Gasteiger partial charge in [-0.05, 0) is 25.5 Å². The average molecular weight is 312 g/mol. The van der Waals surface area contributed by atoms with E-state index in [4.69, 9.17) is 11.6 Å². The van der Waals surface area contributed by atoms with Crippen LogP contribution in [0.25, 0.3) is 0 Å². The molecule has 0 spiro atoms. The van der Waals surface area contributed by atoms with Gasteiger partial charge in [0.15, 0.2) is 0 Å². The van der Waals surface area contributed by atoms with E-state index in [1.165, 1.54) is 18.2 Å². The Morgan fingerprint density at radius 2 is 2.10 bits per heavy atom. The fourth-order valence-corrected chi connectivity index (χ4v) is 2.27. The first-order valence-corrected chi connectivity index (χ1v) is 6.62. The number of piperazine rings is 1. The molecule has 2 amide bonds. The second-order valence-electron chi connectivity index (χ2n) is 5.33. The zero-order valence-electron chi connectivity index (χ0n) is 11.6. The van der Waals surface area contributed by atoms with E-state index in [2.05, 4.69) is 5.32 Å². The fraction of sp³-hybridized carbons (Fsp3) is 0.385. The van der Waals surface area contributed by atoms with Crippen LogP contribution in [0.5, 0.6) is 0 Å². The molecule has 1 aliphatic heterocycles. The van der Waals surface area contributed by atoms with Crippen molar-refractivity contribution in [1.82, 2.24) is 10.2 Å². The molecule has 21 heavy (non-hydrogen) atoms. The SMILES string of the molecule is CC1(C)C(=O)NC(=O)CN1Cc1cc([N+](=O)[O-])ccc1Cl. The molecule has 1 N–H and O–H groups in total. The van der Waals surface area contributed by atoms with Crippen LogP contribution in [0, 0.1) is 10.1 Å². The predicted octanol–water partition coefficient (Wildman–Crippen LogP) is 1.49. The summed E-state index contributed by atoms with van der Waals surface area (Å²) < 4.78 is 0. The largest absolute Gasteiger partial charge is 0.294 e. The number of imide groups is 1. The molecule has 8 heteroatoms. The zero-order valence-corrected chi connectivity index (χ0v) is 12.3. The van der Waals surface area contributed by atoms with Crippen LogP contribution in [0.1, 0.15) is 19.4 Å². The summed E-state index contributed by atoms with van der Waals surface area (Å²) in [6.45, 7) is 3.56. The summed E-state index contributed by atoms with van der Waals surface area (Å²) in [5.41, 5.74) is -0.483. The van der Waals surface area contributed by atoms with Crippen molar-refractivity contribution in [2.45, 2.75) is 25.9 Å². The Kier molecular flexibility index (Phi) is 3.97. The molecule has 1 heterocycles. The number of hydrogen-bond acceptors (Lipinski definition) is 5. The standard InChI is InChI=1S/C13H14ClN3O4/c1-13(2)12(19)15-11(18)7-16(13)6-8-5-9(17(20)21)3-4-10(8)14/h3-5H,6-7H2,1-2H3,(H,15,18,19). The molecule has 0 bridgehead atoms. The normalized spacial score (nSPS) is 18.4. The number of amides is 2. The van der Waals surface area contributed by atoms with E-state index >= 15 is 0 Å². The monoisotopic (exact) mass is 311 g/mol. The topological polar surface area (TPSA) is 92.6 Å². The van der Waals surface area contributed by atoms with Gasteiger partial charge >= 0.3 is 0 Å². The van der Waals surface area contributed by atoms with Crippen LogP contribution < -0.4 is 5.32 Å². The first kappa shape index (κ1) is 15.4. The van der Waals surface area contributed by atoms with Crippen molar-refractivity contribution in [2.24, 2.45) is 0 Å². The second-order valence-corrected chi connectivity index (χ2v) is 5.73. The third-order valence-electron chi connectivity index (χ3n) is 3.53. The first-order chi connectivity index (χ1) is 9.71. The molecule has 0 aliphatic carbocycles. The highest BCUT2D eigenvalue weighted by atomic mass is 35.5. The Hall–Kier alpha value is -1.99. The maximum absolute atomic E-state index is 11.9. The van der Waals surface area contributed by atoms with Gasteiger partial charge in [-0.25, -0.2) is 0 Å². The van der Waals surface area contributed by atoms with Crippen molar-refractivity contribution in [3.63, 3.8) is 0 Å². The van der Waals surface area contributed by atoms with Gasteiger partial charge in [0, 0.05) is 23.7 Å². The lowest BCUT2D eigenvalue weighted by Gasteiger charge is -2.40. The second kappa shape index (κ2) is 5.42. The maximum Gasteiger partial charge on any atom is 0.269 e. The quantitative estimate of drug-likeness (QED) is 0.518. The lowest BCUT2D eigenvalue weighted by atomic mass is 9.97. The molecule has 1 aliphatic rings. The van der Waals surface area contributed by atoms with Crippen LogP contribution in [0.2, 0.25) is 5.02 Å². The molecule has 0 radical (unpaired) electrons. The highest BCUT2D eigenvalue weighted by molar-refractivity contribution is 6.31. The summed E-state index contributed by atoms with van der Waals surface area (Å²) in [7, 11) is 0. The number of carbonyl (C=O) groups is 2. The van der Waals surface area contributed by atoms with Gasteiger partial charge in [0.05, 0.1) is 17.0 Å². The molecule has 0 atom stereocenters. The lowest BCUT2D eigenvalue weighted by Crippen LogP contribution is -2.63. The van der Waals surface area contributed by atoms with Crippen molar-refractivity contribution >= 4 is 29.1 Å². The van der Waals surface area contributed by atoms with Crippen LogP contribution >= 0.6 is 11.6 Å². The van der Waals surface area contributed by atoms with Gasteiger partial charge in [-0.2, -0.15) is 0 Å². The summed E-state index contributed by atoms with van der Waals surface area (Å²) in [6, 6.07) is 4.11. The number of non-ortho nitro benzene ring substituents is 1. The number of benzene rings is 1. The van der Waals surface area contributed by atoms with Crippen LogP contribution in [-0.4, -0.2) is 33.7 Å². The van der Waals surface area contributed by atoms with Gasteiger partial charge in [-0.3, -0.25) is 29.9 Å². The molecular formula is C13H14ClN3O4. The van der Waals surface area contributed by atoms with E-state index in [0.29, 0.717) is 10.6 Å². The molecule has 1 saturated heterocycles. The van der Waals surface area contributed by atoms with Crippen LogP contribution in [0.4, 0.5) is 5.69 Å². The minimum absolute atomic E-state index is 0.0256. The highest BCUT2D eigenvalue weighted by Crippen LogP contribution is 2.27. The highest BCUT2D eigenvalue weighted by Gasteiger charge is 2.40. The maximum atomic E-state index is 11.9. The molecule has 1 fully saturated rings. The molecule has 0 saturated carbocycles. The van der Waals surface area contributed by atoms with Crippen molar-refractivity contribution in [1.29, 1.82) is 0 Å². The van der Waals surface area contributed by atoms with E-state index in [1.54, 1.807) is 18.7 Å². The minimum Gasteiger partial charge on any atom is -0.294 e. The Balaban J connectivity index is 2.32. The van der Waals surface area contributed by atoms with Gasteiger partial charge in [0.25, 0.3) is 5.69 Å². The summed E-state index contributed by atoms with van der Waals surface area (Å²) in [5, 5.41) is 13.4. The van der Waals surface area contributed by atoms with Crippen molar-refractivity contribution in [3.05, 3.63) is 38.9 Å². The predicted molar refractivity (Wildman–Crippen MR) is 75.7 cm³/mol. The van der Waals surface area contributed by atoms with Gasteiger partial charge in [0.1, 0.15) is 0 Å². The molecule has 112 valence electrons. The smallest absolute Gasteiger partial charge is 0.269 e. The van der Waals surface area contributed by atoms with Crippen molar-refractivity contribution in [2.75, 3.05) is 6.54 Å². The third-order valence-corrected chi connectivity index (χ3v) is 3.90. The van der Waals surface area contributed by atoms with Crippen molar-refractivity contribution in [3.8, 4) is 0 Å². The van der Waals surface area contributed by atoms with Crippen LogP contribution in [-0.2, 0) is 16.1 Å². The van der Waals surface area contributed by atoms with Crippen molar-refractivity contribution < 1.29 is 14.5 Å². The number of carbonyl (C=O) groups excluding carboxylic acids is 2. The number of nitrogens with zero attached hydrogens (tertiary/aromatic N) is 2. The molecular weight excluding hydrogens is 298 g/mol. The molecule has 2 rings (SSSR count). The number of nitro benzene ring substituents is 1. The summed E-state index contributed by atoms with van der Waals surface area (Å²) in [6.07, 6.45) is 0.